The van der Waals surface area contributed by atoms with Crippen molar-refractivity contribution in [1.82, 2.24) is 0 Å². The van der Waals surface area contributed by atoms with Gasteiger partial charge >= 0.3 is 11.9 Å². The van der Waals surface area contributed by atoms with Crippen LogP contribution in [0.25, 0.3) is 0 Å². The van der Waals surface area contributed by atoms with E-state index in [0.29, 0.717) is 0 Å². The summed E-state index contributed by atoms with van der Waals surface area (Å²) in [5.74, 6) is -5.23. The van der Waals surface area contributed by atoms with E-state index in [1.807, 2.05) is 6.07 Å². The number of halogens is 1. The van der Waals surface area contributed by atoms with E-state index in [2.05, 4.69) is 0 Å². The average molecular weight is 376 g/mol. The number of nitrogens with two attached hydrogens (primary N) is 1. The van der Waals surface area contributed by atoms with Gasteiger partial charge in [0.25, 0.3) is 0 Å². The minimum Gasteiger partial charge on any atom is -0.462 e. The molecule has 0 amide bonds. The Labute approximate surface area is 156 Å². The lowest BCUT2D eigenvalue weighted by Gasteiger charge is -2.30. The predicted molar refractivity (Wildman–Crippen MR) is 92.5 cm³/mol. The van der Waals surface area contributed by atoms with Crippen LogP contribution in [0.1, 0.15) is 39.2 Å². The molecule has 0 bridgehead atoms. The highest BCUT2D eigenvalue weighted by Crippen LogP contribution is 2.43. The molecule has 0 aromatic heterocycles. The largest absolute Gasteiger partial charge is 0.462 e. The third-order valence-corrected chi connectivity index (χ3v) is 3.77. The van der Waals surface area contributed by atoms with E-state index in [1.165, 1.54) is 6.07 Å². The fourth-order valence-electron chi connectivity index (χ4n) is 2.79. The average Bonchev–Trinajstić information content (AvgIpc) is 2.54. The summed E-state index contributed by atoms with van der Waals surface area (Å²) in [6.07, 6.45) is -1.02. The molecule has 1 atom stereocenters. The van der Waals surface area contributed by atoms with E-state index < -0.39 is 41.8 Å². The molecule has 1 aromatic carbocycles. The van der Waals surface area contributed by atoms with Crippen molar-refractivity contribution >= 4 is 11.9 Å². The second-order valence-corrected chi connectivity index (χ2v) is 6.60. The van der Waals surface area contributed by atoms with Gasteiger partial charge in [-0.2, -0.15) is 5.26 Å². The summed E-state index contributed by atoms with van der Waals surface area (Å²) >= 11 is 0. The number of hydrogen-bond donors (Lipinski definition) is 1. The highest BCUT2D eigenvalue weighted by atomic mass is 19.1. The van der Waals surface area contributed by atoms with E-state index in [9.17, 15) is 19.2 Å². The Morgan fingerprint density at radius 2 is 1.74 bits per heavy atom. The number of carbonyl (C=O) groups is 2. The molecule has 0 saturated heterocycles. The van der Waals surface area contributed by atoms with Gasteiger partial charge in [0.1, 0.15) is 17.6 Å². The highest BCUT2D eigenvalue weighted by molar-refractivity contribution is 5.97. The molecule has 144 valence electrons. The summed E-state index contributed by atoms with van der Waals surface area (Å²) in [6, 6.07) is 5.42. The molecule has 1 aromatic rings. The highest BCUT2D eigenvalue weighted by Gasteiger charge is 2.45. The van der Waals surface area contributed by atoms with Crippen molar-refractivity contribution in [3.8, 4) is 11.8 Å². The van der Waals surface area contributed by atoms with Crippen molar-refractivity contribution < 1.29 is 28.2 Å². The van der Waals surface area contributed by atoms with Crippen LogP contribution in [0.2, 0.25) is 0 Å². The Hall–Kier alpha value is -3.08. The maximum atomic E-state index is 13.9. The van der Waals surface area contributed by atoms with Crippen LogP contribution in [0.15, 0.2) is 29.7 Å². The molecule has 0 spiro atoms. The molecule has 0 radical (unpaired) electrons. The first-order chi connectivity index (χ1) is 12.6. The first kappa shape index (κ1) is 20.2. The molecule has 8 heteroatoms. The number of nitrogens with zero attached hydrogens (tertiary/aromatic N) is 1. The number of esters is 2. The molecule has 0 saturated carbocycles. The molecular formula is C19H21FN2O5. The predicted octanol–water partition coefficient (Wildman–Crippen LogP) is 2.51. The Morgan fingerprint density at radius 1 is 1.19 bits per heavy atom. The number of hydrogen-bond acceptors (Lipinski definition) is 7. The normalized spacial score (nSPS) is 16.0. The van der Waals surface area contributed by atoms with Gasteiger partial charge in [0.15, 0.2) is 5.92 Å². The summed E-state index contributed by atoms with van der Waals surface area (Å²) in [5, 5.41) is 9.54. The Bertz CT molecular complexity index is 804. The standard InChI is InChI=1S/C19H21FN2O5/c1-9(2)25-18(23)16(19(24)26-10(3)4)15-12-7-11(20)5-6-14(12)27-17(22)13(15)8-21/h5-7,9-10,15-16H,22H2,1-4H3/t15-/m1/s1. The summed E-state index contributed by atoms with van der Waals surface area (Å²) in [6.45, 7) is 6.48. The van der Waals surface area contributed by atoms with E-state index >= 15 is 0 Å². The van der Waals surface area contributed by atoms with E-state index in [0.717, 1.165) is 12.1 Å². The molecule has 7 nitrogen and oxygen atoms in total. The number of carbonyl (C=O) groups excluding carboxylic acids is 2. The molecule has 2 N–H and O–H groups in total. The topological polar surface area (TPSA) is 112 Å². The van der Waals surface area contributed by atoms with Gasteiger partial charge in [0.2, 0.25) is 5.88 Å². The van der Waals surface area contributed by atoms with Crippen LogP contribution in [0, 0.1) is 23.1 Å². The molecule has 1 aliphatic rings. The minimum absolute atomic E-state index is 0.146. The molecule has 1 aliphatic heterocycles. The second kappa shape index (κ2) is 8.08. The fraction of sp³-hybridized carbons (Fsp3) is 0.421. The Morgan fingerprint density at radius 3 is 2.22 bits per heavy atom. The Kier molecular flexibility index (Phi) is 6.05. The van der Waals surface area contributed by atoms with E-state index in [1.54, 1.807) is 27.7 Å². The van der Waals surface area contributed by atoms with Crippen LogP contribution in [0.5, 0.6) is 5.75 Å². The lowest BCUT2D eigenvalue weighted by molar-refractivity contribution is -0.167. The van der Waals surface area contributed by atoms with Crippen LogP contribution in [0.3, 0.4) is 0 Å². The van der Waals surface area contributed by atoms with Gasteiger partial charge in [-0.25, -0.2) is 4.39 Å². The first-order valence-electron chi connectivity index (χ1n) is 8.43. The third kappa shape index (κ3) is 4.37. The lowest BCUT2D eigenvalue weighted by Crippen LogP contribution is -2.38. The summed E-state index contributed by atoms with van der Waals surface area (Å²) < 4.78 is 29.6. The molecule has 2 rings (SSSR count). The van der Waals surface area contributed by atoms with Gasteiger partial charge in [0, 0.05) is 5.56 Å². The van der Waals surface area contributed by atoms with Gasteiger partial charge in [0.05, 0.1) is 23.7 Å². The van der Waals surface area contributed by atoms with Gasteiger partial charge in [-0.1, -0.05) is 0 Å². The van der Waals surface area contributed by atoms with Crippen molar-refractivity contribution in [3.05, 3.63) is 41.0 Å². The maximum Gasteiger partial charge on any atom is 0.321 e. The second-order valence-electron chi connectivity index (χ2n) is 6.60. The molecule has 1 heterocycles. The van der Waals surface area contributed by atoms with Crippen LogP contribution in [-0.2, 0) is 19.1 Å². The van der Waals surface area contributed by atoms with Crippen molar-refractivity contribution in [1.29, 1.82) is 5.26 Å². The SMILES string of the molecule is CC(C)OC(=O)C(C(=O)OC(C)C)[C@H]1C(C#N)=C(N)Oc2ccc(F)cc21. The van der Waals surface area contributed by atoms with E-state index in [-0.39, 0.29) is 22.8 Å². The van der Waals surface area contributed by atoms with E-state index in [4.69, 9.17) is 19.9 Å². The quantitative estimate of drug-likeness (QED) is 0.621. The van der Waals surface area contributed by atoms with Crippen molar-refractivity contribution in [2.24, 2.45) is 11.7 Å². The smallest absolute Gasteiger partial charge is 0.321 e. The van der Waals surface area contributed by atoms with Crippen LogP contribution in [0.4, 0.5) is 4.39 Å². The zero-order valence-electron chi connectivity index (χ0n) is 15.5. The first-order valence-corrected chi connectivity index (χ1v) is 8.43. The van der Waals surface area contributed by atoms with Crippen molar-refractivity contribution in [2.75, 3.05) is 0 Å². The van der Waals surface area contributed by atoms with Crippen LogP contribution >= 0.6 is 0 Å². The van der Waals surface area contributed by atoms with Crippen LogP contribution in [-0.4, -0.2) is 24.1 Å². The summed E-state index contributed by atoms with van der Waals surface area (Å²) in [4.78, 5) is 25.4. The van der Waals surface area contributed by atoms with Gasteiger partial charge in [-0.3, -0.25) is 9.59 Å². The molecule has 0 aliphatic carbocycles. The number of nitriles is 1. The number of fused-ring (bicyclic) bond motifs is 1. The number of ether oxygens (including phenoxy) is 3. The molecular weight excluding hydrogens is 355 g/mol. The zero-order valence-corrected chi connectivity index (χ0v) is 15.5. The molecule has 0 unspecified atom stereocenters. The monoisotopic (exact) mass is 376 g/mol. The molecule has 0 fully saturated rings. The zero-order chi connectivity index (χ0) is 20.3. The third-order valence-electron chi connectivity index (χ3n) is 3.77. The minimum atomic E-state index is -1.53. The fourth-order valence-corrected chi connectivity index (χ4v) is 2.79. The van der Waals surface area contributed by atoms with Crippen molar-refractivity contribution in [2.45, 2.75) is 45.8 Å². The van der Waals surface area contributed by atoms with Crippen LogP contribution < -0.4 is 10.5 Å². The lowest BCUT2D eigenvalue weighted by atomic mass is 9.79. The number of allylic oxidation sites excluding steroid dienone is 1. The van der Waals surface area contributed by atoms with Gasteiger partial charge in [-0.05, 0) is 45.9 Å². The van der Waals surface area contributed by atoms with Gasteiger partial charge < -0.3 is 19.9 Å². The number of rotatable bonds is 5. The van der Waals surface area contributed by atoms with Crippen molar-refractivity contribution in [3.63, 3.8) is 0 Å². The number of benzene rings is 1. The summed E-state index contributed by atoms with van der Waals surface area (Å²) in [7, 11) is 0. The summed E-state index contributed by atoms with van der Waals surface area (Å²) in [5.41, 5.74) is 5.79. The molecule has 27 heavy (non-hydrogen) atoms. The Balaban J connectivity index is 2.64. The maximum absolute atomic E-state index is 13.9. The van der Waals surface area contributed by atoms with Gasteiger partial charge in [-0.15, -0.1) is 0 Å².